The maximum atomic E-state index is 11.6. The second-order valence-electron chi connectivity index (χ2n) is 10.7. The standard InChI is InChI=1S/C2HF3O.8C2F3O.C2H7N.2C2H3N.5C2H6.CH5NO.2CH5N.2CH4O.CH4S.4CH4.3CH3.ClH.K.H3N.Na.O2.2H2O.H2S.4Tl.H2.2H/c9*3-2(4,5)1-6;3*1-2-3;5*1-2;1-3-2;5*1-2;;;;;;;;;;;;1-2;;;;;;;;;;/h1H;;;;;;;;;2-3H2,1H3;2*1H3;5*1-2H3;2H2,1H3;2*2H2,1H3;3*2H,1H3;4*1H4;3*1H3;1H;;1H3;;;3*1H2;;;;;1H;;/q;;;;;;;;-1;;;;;;;;;;;;;;;;;;;;;;;+1;;+1;;;;;;;;;;;. The number of alkyl halides is 27. The number of hydrogen-bond donors (Lipinski definition) is 8. The molecular weight excluding hydrogens is 2410 g/mol. The van der Waals surface area contributed by atoms with Gasteiger partial charge in [0, 0.05) is 39.4 Å². The minimum Gasteiger partial charge on any atom is -0.870 e. The number of aldehydes is 1. The van der Waals surface area contributed by atoms with Gasteiger partial charge in [-0.25, -0.2) is 19.1 Å². The molecule has 0 saturated heterocycles. The van der Waals surface area contributed by atoms with Crippen molar-refractivity contribution in [3.63, 3.8) is 0 Å². The van der Waals surface area contributed by atoms with Crippen LogP contribution < -0.4 is 110 Å². The third kappa shape index (κ3) is 213. The minimum atomic E-state index is -5.33. The average Bonchev–Trinajstić information content (AvgIpc) is 3.50. The van der Waals surface area contributed by atoms with Crippen molar-refractivity contribution in [2.24, 2.45) is 23.1 Å². The zero-order valence-electron chi connectivity index (χ0n) is 60.7. The van der Waals surface area contributed by atoms with Gasteiger partial charge in [-0.2, -0.15) is 56.1 Å². The first-order valence-electron chi connectivity index (χ1n) is 24.1. The molecule has 59 heteroatoms. The summed E-state index contributed by atoms with van der Waals surface area (Å²) < 4.78 is 290. The number of aliphatic hydroxyl groups excluding tert-OH is 2. The first-order chi connectivity index (χ1) is 42.6. The Bertz CT molecular complexity index is 1630. The van der Waals surface area contributed by atoms with Crippen molar-refractivity contribution in [3.8, 4) is 12.1 Å². The largest absolute Gasteiger partial charge is 1.00 e. The van der Waals surface area contributed by atoms with E-state index in [-0.39, 0.29) is 163 Å². The smallest absolute Gasteiger partial charge is 0.870 e. The van der Waals surface area contributed by atoms with Crippen LogP contribution in [0.5, 0.6) is 0 Å². The van der Waals surface area contributed by atoms with Crippen LogP contribution >= 0.6 is 38.5 Å². The third-order valence-electron chi connectivity index (χ3n) is 4.68. The number of halogens is 28. The number of carbonyl (C=O) groups is 8. The molecular formula is C47H110ClF27KN7NaO16S2Tl4+. The van der Waals surface area contributed by atoms with E-state index in [1.165, 1.54) is 35.1 Å². The predicted octanol–water partition coefficient (Wildman–Crippen LogP) is 6.72. The van der Waals surface area contributed by atoms with Gasteiger partial charge in [0.15, 0.2) is 0 Å². The first kappa shape index (κ1) is 214. The minimum absolute atomic E-state index is 0. The molecule has 0 fully saturated rings. The van der Waals surface area contributed by atoms with Crippen LogP contribution in [0.2, 0.25) is 13.4 Å². The molecule has 0 aromatic carbocycles. The number of aliphatic hydroxyl groups is 2. The topological polar surface area (TPSA) is 486 Å². The summed E-state index contributed by atoms with van der Waals surface area (Å²) in [6.07, 6.45) is -45.4. The molecule has 0 aliphatic heterocycles. The molecule has 0 rings (SSSR count). The zero-order valence-corrected chi connectivity index (χ0v) is 88.8. The van der Waals surface area contributed by atoms with E-state index in [0.717, 1.165) is 20.8 Å². The fourth-order valence-corrected chi connectivity index (χ4v) is 16.1. The fraction of sp³-hybridized carbons (Fsp3) is 0.766. The number of nitrogens with two attached hydrogens (primary N) is 4. The number of nitriles is 2. The van der Waals surface area contributed by atoms with E-state index in [9.17, 15) is 152 Å². The van der Waals surface area contributed by atoms with Gasteiger partial charge in [-0.1, -0.05) is 106 Å². The summed E-state index contributed by atoms with van der Waals surface area (Å²) in [7, 11) is 6.40. The Morgan fingerprint density at radius 3 is 0.585 bits per heavy atom. The third-order valence-corrected chi connectivity index (χ3v) is 32.9. The second kappa shape index (κ2) is 141. The van der Waals surface area contributed by atoms with E-state index in [0.29, 0.717) is 13.4 Å². The zero-order chi connectivity index (χ0) is 84.5. The van der Waals surface area contributed by atoms with Crippen molar-refractivity contribution < 1.29 is 271 Å². The van der Waals surface area contributed by atoms with Crippen LogP contribution in [0.25, 0.3) is 0 Å². The van der Waals surface area contributed by atoms with Crippen LogP contribution in [0.15, 0.2) is 0 Å². The Morgan fingerprint density at radius 2 is 0.566 bits per heavy atom. The molecule has 650 valence electrons. The van der Waals surface area contributed by atoms with Crippen molar-refractivity contribution in [3.05, 3.63) is 9.93 Å². The Morgan fingerprint density at radius 1 is 0.509 bits per heavy atom. The van der Waals surface area contributed by atoms with E-state index in [1.807, 2.05) is 76.2 Å². The SMILES string of the molecule is C.C.C.C.CC.CC.CC.CC.CC.CC#N.CC#N.CCN.CN.CN.CO.CO.CON.CS.Cl.N.O.O=CC(F)(F)F.O=O.O=[C-]C(F)(F)F.O=[C]([TlH2])C(F)(F)F.S.[CH3][Tl]([C](=O)C(F)(F)F)[C](=O)C(F)(F)F.[CH3][Tl]([C](=O)C(F)(F)F)[C](=O)C(F)(F)F.[CH3][Tl]([C](=O)C(F)(F)F)[C](=O)C(F)(F)F.[H+].[HH].[K+].[Na+].[OH-]. The van der Waals surface area contributed by atoms with Gasteiger partial charge >= 0.3 is 388 Å². The van der Waals surface area contributed by atoms with Crippen LogP contribution in [0, 0.1) is 32.6 Å². The molecule has 0 aromatic rings. The van der Waals surface area contributed by atoms with Gasteiger partial charge in [-0.05, 0) is 26.9 Å². The van der Waals surface area contributed by atoms with Crippen molar-refractivity contribution in [1.82, 2.24) is 6.15 Å². The fourth-order valence-electron chi connectivity index (χ4n) is 1.83. The van der Waals surface area contributed by atoms with E-state index >= 15 is 0 Å². The molecule has 16 N–H and O–H groups in total. The molecule has 0 spiro atoms. The Balaban J connectivity index is -0.0000000174. The van der Waals surface area contributed by atoms with E-state index < -0.39 is 179 Å². The normalized spacial score (nSPS) is 8.06. The van der Waals surface area contributed by atoms with Gasteiger partial charge in [0.1, 0.15) is 0 Å². The van der Waals surface area contributed by atoms with Crippen molar-refractivity contribution in [1.29, 1.82) is 10.5 Å². The van der Waals surface area contributed by atoms with Crippen molar-refractivity contribution in [2.75, 3.05) is 48.2 Å². The van der Waals surface area contributed by atoms with Crippen molar-refractivity contribution >= 4 is 168 Å². The maximum absolute atomic E-state index is 11.6. The summed E-state index contributed by atoms with van der Waals surface area (Å²) in [6.45, 7) is 25.5. The van der Waals surface area contributed by atoms with Crippen LogP contribution in [0.3, 0.4) is 0 Å². The molecule has 0 radical (unpaired) electrons. The molecule has 0 aliphatic rings. The Kier molecular flexibility index (Phi) is 284. The van der Waals surface area contributed by atoms with Crippen LogP contribution in [-0.4, -0.2) is 255 Å². The van der Waals surface area contributed by atoms with Crippen LogP contribution in [0.1, 0.15) is 123 Å². The monoisotopic (exact) mass is 2520 g/mol. The molecule has 0 bridgehead atoms. The number of rotatable bonds is 6. The molecule has 0 atom stereocenters. The summed E-state index contributed by atoms with van der Waals surface area (Å²) >= 11 is -12.5. The quantitative estimate of drug-likeness (QED) is 0.0341. The molecule has 0 saturated carbocycles. The summed E-state index contributed by atoms with van der Waals surface area (Å²) in [5.74, 6) is 4.35. The van der Waals surface area contributed by atoms with Crippen molar-refractivity contribution in [2.45, 2.75) is 189 Å². The van der Waals surface area contributed by atoms with Gasteiger partial charge < -0.3 is 54.1 Å². The van der Waals surface area contributed by atoms with Gasteiger partial charge in [0.2, 0.25) is 6.29 Å². The number of hydrogen-bond acceptors (Lipinski definition) is 23. The van der Waals surface area contributed by atoms with Gasteiger partial charge in [0.05, 0.1) is 19.2 Å². The molecule has 106 heavy (non-hydrogen) atoms. The van der Waals surface area contributed by atoms with Gasteiger partial charge in [-0.15, -0.1) is 12.4 Å². The summed E-state index contributed by atoms with van der Waals surface area (Å²) in [5, 5.41) is 28.6. The second-order valence-corrected chi connectivity index (χ2v) is 43.3. The Labute approximate surface area is 730 Å². The number of thiol groups is 1. The molecule has 0 aromatic heterocycles. The molecule has 0 unspecified atom stereocenters. The van der Waals surface area contributed by atoms with E-state index in [1.54, 1.807) is 18.4 Å². The van der Waals surface area contributed by atoms with Gasteiger partial charge in [-0.3, -0.25) is 4.79 Å². The molecule has 0 heterocycles. The number of carbonyl (C=O) groups excluding carboxylic acids is 9. The molecule has 0 aliphatic carbocycles. The van der Waals surface area contributed by atoms with Crippen LogP contribution in [0.4, 0.5) is 119 Å². The maximum Gasteiger partial charge on any atom is 1.00 e. The molecule has 0 amide bonds. The predicted molar refractivity (Wildman–Crippen MR) is 366 cm³/mol. The summed E-state index contributed by atoms with van der Waals surface area (Å²) in [4.78, 5) is 106. The Hall–Kier alpha value is 0.635. The summed E-state index contributed by atoms with van der Waals surface area (Å²) in [5.41, 5.74) is 13.8. The summed E-state index contributed by atoms with van der Waals surface area (Å²) in [6, 6.07) is 3.50. The van der Waals surface area contributed by atoms with E-state index in [4.69, 9.17) is 46.0 Å². The van der Waals surface area contributed by atoms with Gasteiger partial charge in [0.25, 0.3) is 6.18 Å². The van der Waals surface area contributed by atoms with E-state index in [2.05, 4.69) is 34.8 Å². The van der Waals surface area contributed by atoms with Crippen LogP contribution in [-0.2, 0) is 48.0 Å². The first-order valence-corrected chi connectivity index (χ1v) is 55.8. The average molecular weight is 2520 g/mol. The molecule has 23 nitrogen and oxygen atoms in total. The number of nitrogens with zero attached hydrogens (tertiary/aromatic N) is 2.